The maximum absolute atomic E-state index is 13.2. The molecular weight excluding hydrogens is 468 g/mol. The number of aromatic nitrogens is 2. The highest BCUT2D eigenvalue weighted by Gasteiger charge is 2.21. The van der Waals surface area contributed by atoms with Gasteiger partial charge in [-0.2, -0.15) is 0 Å². The fraction of sp³-hybridized carbons (Fsp3) is 0.160. The van der Waals surface area contributed by atoms with Crippen molar-refractivity contribution >= 4 is 45.3 Å². The van der Waals surface area contributed by atoms with Gasteiger partial charge in [-0.1, -0.05) is 48.5 Å². The first-order chi connectivity index (χ1) is 16.4. The van der Waals surface area contributed by atoms with Crippen LogP contribution in [0, 0.1) is 6.92 Å². The van der Waals surface area contributed by atoms with Crippen molar-refractivity contribution < 1.29 is 9.53 Å². The van der Waals surface area contributed by atoms with Gasteiger partial charge in [-0.3, -0.25) is 9.48 Å². The first-order valence-corrected chi connectivity index (χ1v) is 11.9. The predicted molar refractivity (Wildman–Crippen MR) is 141 cm³/mol. The first-order valence-electron chi connectivity index (χ1n) is 10.7. The van der Waals surface area contributed by atoms with Crippen LogP contribution in [0.15, 0.2) is 71.5 Å². The molecule has 0 bridgehead atoms. The van der Waals surface area contributed by atoms with E-state index in [1.54, 1.807) is 22.4 Å². The summed E-state index contributed by atoms with van der Waals surface area (Å²) in [5.74, 6) is -0.437. The summed E-state index contributed by atoms with van der Waals surface area (Å²) in [6.45, 7) is 3.87. The van der Waals surface area contributed by atoms with Gasteiger partial charge in [0.25, 0.3) is 5.56 Å². The van der Waals surface area contributed by atoms with Crippen molar-refractivity contribution in [1.29, 1.82) is 0 Å². The van der Waals surface area contributed by atoms with Gasteiger partial charge in [0.1, 0.15) is 10.7 Å². The minimum absolute atomic E-state index is 0.207. The average molecular weight is 493 g/mol. The molecule has 0 radical (unpaired) electrons. The van der Waals surface area contributed by atoms with E-state index in [1.165, 1.54) is 11.3 Å². The van der Waals surface area contributed by atoms with Gasteiger partial charge in [-0.25, -0.2) is 9.48 Å². The van der Waals surface area contributed by atoms with Crippen LogP contribution in [0.5, 0.6) is 0 Å². The Bertz CT molecular complexity index is 1390. The Morgan fingerprint density at radius 2 is 1.71 bits per heavy atom. The quantitative estimate of drug-likeness (QED) is 0.285. The molecule has 0 aliphatic rings. The van der Waals surface area contributed by atoms with Crippen LogP contribution < -0.4 is 16.2 Å². The molecule has 2 aromatic heterocycles. The normalized spacial score (nSPS) is 10.7. The van der Waals surface area contributed by atoms with E-state index in [4.69, 9.17) is 17.0 Å². The molecule has 4 aromatic rings. The summed E-state index contributed by atoms with van der Waals surface area (Å²) < 4.78 is 8.57. The van der Waals surface area contributed by atoms with Crippen LogP contribution in [0.1, 0.15) is 23.0 Å². The monoisotopic (exact) mass is 492 g/mol. The largest absolute Gasteiger partial charge is 0.462 e. The lowest BCUT2D eigenvalue weighted by molar-refractivity contribution is 0.0528. The van der Waals surface area contributed by atoms with Crippen molar-refractivity contribution in [3.05, 3.63) is 88.3 Å². The number of nitrogens with one attached hydrogen (secondary N) is 2. The standard InChI is InChI=1S/C25H24N4O3S2/c1-4-32-24(31)19-15-20(17-11-7-5-8-12-17)34-22(19)27-25(33)26-21-16(2)28(3)29(23(21)30)18-13-9-6-10-14-18/h5-15H,4H2,1-3H3,(H2,26,27,33). The number of anilines is 2. The van der Waals surface area contributed by atoms with Crippen LogP contribution in [0.3, 0.4) is 0 Å². The fourth-order valence-electron chi connectivity index (χ4n) is 3.55. The lowest BCUT2D eigenvalue weighted by Crippen LogP contribution is -2.25. The highest BCUT2D eigenvalue weighted by molar-refractivity contribution is 7.80. The van der Waals surface area contributed by atoms with Crippen molar-refractivity contribution in [3.63, 3.8) is 0 Å². The number of carbonyl (C=O) groups is 1. The zero-order valence-corrected chi connectivity index (χ0v) is 20.6. The van der Waals surface area contributed by atoms with Crippen LogP contribution >= 0.6 is 23.6 Å². The number of hydrogen-bond acceptors (Lipinski definition) is 5. The van der Waals surface area contributed by atoms with Crippen molar-refractivity contribution in [1.82, 2.24) is 9.36 Å². The molecule has 0 saturated heterocycles. The van der Waals surface area contributed by atoms with E-state index in [-0.39, 0.29) is 17.3 Å². The number of thiocarbonyl (C=S) groups is 1. The second kappa shape index (κ2) is 10.1. The molecule has 2 heterocycles. The molecular formula is C25H24N4O3S2. The zero-order chi connectivity index (χ0) is 24.2. The fourth-order valence-corrected chi connectivity index (χ4v) is 4.87. The van der Waals surface area contributed by atoms with Crippen LogP contribution in [0.25, 0.3) is 16.1 Å². The van der Waals surface area contributed by atoms with Crippen molar-refractivity contribution in [2.45, 2.75) is 13.8 Å². The zero-order valence-electron chi connectivity index (χ0n) is 19.0. The smallest absolute Gasteiger partial charge is 0.341 e. The molecule has 9 heteroatoms. The van der Waals surface area contributed by atoms with Gasteiger partial charge in [0.2, 0.25) is 0 Å². The summed E-state index contributed by atoms with van der Waals surface area (Å²) in [6, 6.07) is 20.9. The molecule has 0 amide bonds. The maximum Gasteiger partial charge on any atom is 0.341 e. The topological polar surface area (TPSA) is 77.3 Å². The van der Waals surface area contributed by atoms with Gasteiger partial charge in [-0.15, -0.1) is 11.3 Å². The van der Waals surface area contributed by atoms with Crippen LogP contribution in [-0.4, -0.2) is 27.1 Å². The van der Waals surface area contributed by atoms with Crippen molar-refractivity contribution in [2.24, 2.45) is 7.05 Å². The van der Waals surface area contributed by atoms with E-state index >= 15 is 0 Å². The first kappa shape index (κ1) is 23.5. The van der Waals surface area contributed by atoms with E-state index in [0.29, 0.717) is 16.3 Å². The number of rotatable bonds is 6. The van der Waals surface area contributed by atoms with Gasteiger partial charge in [0.05, 0.1) is 23.6 Å². The summed E-state index contributed by atoms with van der Waals surface area (Å²) in [5.41, 5.74) is 2.98. The lowest BCUT2D eigenvalue weighted by atomic mass is 10.1. The number of carbonyl (C=O) groups excluding carboxylic acids is 1. The molecule has 0 atom stereocenters. The molecule has 0 aliphatic heterocycles. The van der Waals surface area contributed by atoms with Gasteiger partial charge >= 0.3 is 5.97 Å². The number of ether oxygens (including phenoxy) is 1. The summed E-state index contributed by atoms with van der Waals surface area (Å²) in [6.07, 6.45) is 0. The highest BCUT2D eigenvalue weighted by Crippen LogP contribution is 2.36. The SMILES string of the molecule is CCOC(=O)c1cc(-c2ccccc2)sc1NC(=S)Nc1c(C)n(C)n(-c2ccccc2)c1=O. The third-order valence-corrected chi connectivity index (χ3v) is 6.61. The third-order valence-electron chi connectivity index (χ3n) is 5.31. The molecule has 0 fully saturated rings. The van der Waals surface area contributed by atoms with Crippen molar-refractivity contribution in [2.75, 3.05) is 17.2 Å². The Labute approximate surface area is 206 Å². The predicted octanol–water partition coefficient (Wildman–Crippen LogP) is 5.20. The van der Waals surface area contributed by atoms with Gasteiger partial charge in [0.15, 0.2) is 5.11 Å². The van der Waals surface area contributed by atoms with E-state index in [9.17, 15) is 9.59 Å². The minimum atomic E-state index is -0.437. The third kappa shape index (κ3) is 4.66. The number of hydrogen-bond donors (Lipinski definition) is 2. The summed E-state index contributed by atoms with van der Waals surface area (Å²) in [7, 11) is 1.82. The Balaban J connectivity index is 1.63. The van der Waals surface area contributed by atoms with Gasteiger partial charge in [0, 0.05) is 11.9 Å². The van der Waals surface area contributed by atoms with Crippen LogP contribution in [0.2, 0.25) is 0 Å². The molecule has 7 nitrogen and oxygen atoms in total. The number of nitrogens with zero attached hydrogens (tertiary/aromatic N) is 2. The molecule has 0 saturated carbocycles. The number of thiophene rings is 1. The molecule has 0 aliphatic carbocycles. The Morgan fingerprint density at radius 3 is 2.35 bits per heavy atom. The van der Waals surface area contributed by atoms with Crippen LogP contribution in [0.4, 0.5) is 10.7 Å². The minimum Gasteiger partial charge on any atom is -0.462 e. The number of benzene rings is 2. The molecule has 174 valence electrons. The van der Waals surface area contributed by atoms with Gasteiger partial charge < -0.3 is 15.4 Å². The Kier molecular flexibility index (Phi) is 6.95. The summed E-state index contributed by atoms with van der Waals surface area (Å²) in [4.78, 5) is 26.7. The number of esters is 1. The Hall–Kier alpha value is -3.69. The van der Waals surface area contributed by atoms with Gasteiger partial charge in [-0.05, 0) is 49.8 Å². The molecule has 2 aromatic carbocycles. The maximum atomic E-state index is 13.2. The molecule has 0 spiro atoms. The second-order valence-corrected chi connectivity index (χ2v) is 8.92. The average Bonchev–Trinajstić information content (AvgIpc) is 3.35. The van der Waals surface area contributed by atoms with E-state index in [1.807, 2.05) is 74.6 Å². The van der Waals surface area contributed by atoms with E-state index in [2.05, 4.69) is 10.6 Å². The van der Waals surface area contributed by atoms with Crippen molar-refractivity contribution in [3.8, 4) is 16.1 Å². The molecule has 0 unspecified atom stereocenters. The molecule has 2 N–H and O–H groups in total. The van der Waals surface area contributed by atoms with E-state index < -0.39 is 5.97 Å². The molecule has 34 heavy (non-hydrogen) atoms. The summed E-state index contributed by atoms with van der Waals surface area (Å²) >= 11 is 6.91. The van der Waals surface area contributed by atoms with Crippen LogP contribution in [-0.2, 0) is 11.8 Å². The number of para-hydroxylation sites is 1. The Morgan fingerprint density at radius 1 is 1.06 bits per heavy atom. The lowest BCUT2D eigenvalue weighted by Gasteiger charge is -2.10. The second-order valence-electron chi connectivity index (χ2n) is 7.46. The molecule has 4 rings (SSSR count). The summed E-state index contributed by atoms with van der Waals surface area (Å²) in [5, 5.41) is 6.87. The highest BCUT2D eigenvalue weighted by atomic mass is 32.1. The van der Waals surface area contributed by atoms with E-state index in [0.717, 1.165) is 21.8 Å².